The van der Waals surface area contributed by atoms with Gasteiger partial charge in [0, 0.05) is 43.8 Å². The summed E-state index contributed by atoms with van der Waals surface area (Å²) in [5.41, 5.74) is 1.66. The smallest absolute Gasteiger partial charge is 0.343 e. The zero-order valence-corrected chi connectivity index (χ0v) is 14.1. The highest BCUT2D eigenvalue weighted by atomic mass is 16.5. The molecule has 0 spiro atoms. The average molecular weight is 329 g/mol. The van der Waals surface area contributed by atoms with Gasteiger partial charge in [-0.05, 0) is 26.0 Å². The standard InChI is InChI=1S/C18H23N3O3/c1-3-24-18(23)15-11-21(10-13-9-19-6-7-20-13)16-5-4-12(2)8-14(16)17(15)22/h4-5,8,11,13,19-20H,3,6-7,9-10H2,1-2H3. The van der Waals surface area contributed by atoms with Crippen LogP contribution in [0, 0.1) is 6.92 Å². The molecular weight excluding hydrogens is 306 g/mol. The molecule has 0 saturated carbocycles. The van der Waals surface area contributed by atoms with E-state index in [-0.39, 0.29) is 23.6 Å². The largest absolute Gasteiger partial charge is 0.462 e. The molecule has 1 saturated heterocycles. The van der Waals surface area contributed by atoms with Crippen LogP contribution in [0.4, 0.5) is 0 Å². The van der Waals surface area contributed by atoms with Crippen LogP contribution < -0.4 is 16.1 Å². The number of piperazine rings is 1. The Hall–Kier alpha value is -2.18. The van der Waals surface area contributed by atoms with Crippen LogP contribution in [0.25, 0.3) is 10.9 Å². The fraction of sp³-hybridized carbons (Fsp3) is 0.444. The Morgan fingerprint density at radius 1 is 1.38 bits per heavy atom. The van der Waals surface area contributed by atoms with Gasteiger partial charge < -0.3 is 19.9 Å². The first kappa shape index (κ1) is 16.7. The van der Waals surface area contributed by atoms with Crippen LogP contribution in [-0.4, -0.2) is 42.8 Å². The van der Waals surface area contributed by atoms with E-state index in [4.69, 9.17) is 4.74 Å². The Kier molecular flexibility index (Phi) is 4.97. The molecule has 1 aliphatic heterocycles. The maximum absolute atomic E-state index is 12.7. The van der Waals surface area contributed by atoms with E-state index in [0.29, 0.717) is 11.9 Å². The Labute approximate surface area is 140 Å². The van der Waals surface area contributed by atoms with Crippen molar-refractivity contribution in [2.24, 2.45) is 0 Å². The van der Waals surface area contributed by atoms with E-state index in [1.54, 1.807) is 13.1 Å². The lowest BCUT2D eigenvalue weighted by molar-refractivity contribution is 0.0524. The third kappa shape index (κ3) is 3.34. The van der Waals surface area contributed by atoms with Crippen molar-refractivity contribution in [3.63, 3.8) is 0 Å². The Morgan fingerprint density at radius 2 is 2.21 bits per heavy atom. The van der Waals surface area contributed by atoms with Crippen LogP contribution in [0.2, 0.25) is 0 Å². The summed E-state index contributed by atoms with van der Waals surface area (Å²) in [6.45, 7) is 7.32. The van der Waals surface area contributed by atoms with Crippen molar-refractivity contribution in [1.82, 2.24) is 15.2 Å². The Bertz CT molecular complexity index is 807. The minimum Gasteiger partial charge on any atom is -0.462 e. The van der Waals surface area contributed by atoms with E-state index in [1.165, 1.54) is 0 Å². The third-order valence-electron chi connectivity index (χ3n) is 4.27. The van der Waals surface area contributed by atoms with Gasteiger partial charge in [0.15, 0.2) is 0 Å². The fourth-order valence-electron chi connectivity index (χ4n) is 3.10. The summed E-state index contributed by atoms with van der Waals surface area (Å²) in [4.78, 5) is 24.9. The number of benzene rings is 1. The summed E-state index contributed by atoms with van der Waals surface area (Å²) in [5.74, 6) is -0.561. The van der Waals surface area contributed by atoms with Gasteiger partial charge in [0.2, 0.25) is 5.43 Å². The number of nitrogens with one attached hydrogen (secondary N) is 2. The molecule has 1 aromatic heterocycles. The van der Waals surface area contributed by atoms with Crippen molar-refractivity contribution in [1.29, 1.82) is 0 Å². The van der Waals surface area contributed by atoms with E-state index in [9.17, 15) is 9.59 Å². The van der Waals surface area contributed by atoms with Gasteiger partial charge in [-0.15, -0.1) is 0 Å². The average Bonchev–Trinajstić information content (AvgIpc) is 2.58. The molecule has 3 rings (SSSR count). The number of fused-ring (bicyclic) bond motifs is 1. The molecule has 1 aromatic carbocycles. The fourth-order valence-corrected chi connectivity index (χ4v) is 3.10. The van der Waals surface area contributed by atoms with E-state index < -0.39 is 5.97 Å². The lowest BCUT2D eigenvalue weighted by atomic mass is 10.1. The summed E-state index contributed by atoms with van der Waals surface area (Å²) >= 11 is 0. The van der Waals surface area contributed by atoms with Gasteiger partial charge in [-0.2, -0.15) is 0 Å². The van der Waals surface area contributed by atoms with Crippen LogP contribution in [0.3, 0.4) is 0 Å². The van der Waals surface area contributed by atoms with Gasteiger partial charge in [-0.25, -0.2) is 4.79 Å². The first-order valence-electron chi connectivity index (χ1n) is 8.35. The first-order chi connectivity index (χ1) is 11.6. The molecule has 2 heterocycles. The lowest BCUT2D eigenvalue weighted by Crippen LogP contribution is -2.50. The highest BCUT2D eigenvalue weighted by molar-refractivity contribution is 5.93. The molecule has 2 N–H and O–H groups in total. The minimum absolute atomic E-state index is 0.0960. The van der Waals surface area contributed by atoms with Crippen LogP contribution >= 0.6 is 0 Å². The van der Waals surface area contributed by atoms with Crippen molar-refractivity contribution in [3.8, 4) is 0 Å². The highest BCUT2D eigenvalue weighted by Gasteiger charge is 2.19. The number of hydrogen-bond acceptors (Lipinski definition) is 5. The number of ether oxygens (including phenoxy) is 1. The number of esters is 1. The third-order valence-corrected chi connectivity index (χ3v) is 4.27. The van der Waals surface area contributed by atoms with Gasteiger partial charge in [-0.3, -0.25) is 4.79 Å². The monoisotopic (exact) mass is 329 g/mol. The molecule has 24 heavy (non-hydrogen) atoms. The summed E-state index contributed by atoms with van der Waals surface area (Å²) in [6.07, 6.45) is 1.63. The number of hydrogen-bond donors (Lipinski definition) is 2. The summed E-state index contributed by atoms with van der Waals surface area (Å²) in [5, 5.41) is 7.37. The number of aromatic nitrogens is 1. The number of nitrogens with zero attached hydrogens (tertiary/aromatic N) is 1. The van der Waals surface area contributed by atoms with Gasteiger partial charge in [0.25, 0.3) is 0 Å². The normalized spacial score (nSPS) is 17.8. The van der Waals surface area contributed by atoms with Gasteiger partial charge >= 0.3 is 5.97 Å². The van der Waals surface area contributed by atoms with Crippen LogP contribution in [0.1, 0.15) is 22.8 Å². The second-order valence-corrected chi connectivity index (χ2v) is 6.12. The molecule has 128 valence electrons. The molecule has 0 amide bonds. The molecule has 1 fully saturated rings. The van der Waals surface area contributed by atoms with Gasteiger partial charge in [0.05, 0.1) is 12.1 Å². The summed E-state index contributed by atoms with van der Waals surface area (Å²) < 4.78 is 7.03. The predicted molar refractivity (Wildman–Crippen MR) is 93.6 cm³/mol. The van der Waals surface area contributed by atoms with Crippen LogP contribution in [-0.2, 0) is 11.3 Å². The SMILES string of the molecule is CCOC(=O)c1cn(CC2CNCCN2)c2ccc(C)cc2c1=O. The number of carbonyl (C=O) groups is 1. The van der Waals surface area contributed by atoms with Crippen molar-refractivity contribution < 1.29 is 9.53 Å². The highest BCUT2D eigenvalue weighted by Crippen LogP contribution is 2.15. The van der Waals surface area contributed by atoms with Crippen molar-refractivity contribution >= 4 is 16.9 Å². The minimum atomic E-state index is -0.561. The first-order valence-corrected chi connectivity index (χ1v) is 8.35. The summed E-state index contributed by atoms with van der Waals surface area (Å²) in [6, 6.07) is 6.01. The second kappa shape index (κ2) is 7.15. The Morgan fingerprint density at radius 3 is 2.92 bits per heavy atom. The maximum Gasteiger partial charge on any atom is 0.343 e. The van der Waals surface area contributed by atoms with Crippen molar-refractivity contribution in [2.45, 2.75) is 26.4 Å². The molecular formula is C18H23N3O3. The molecule has 0 aliphatic carbocycles. The lowest BCUT2D eigenvalue weighted by Gasteiger charge is -2.26. The quantitative estimate of drug-likeness (QED) is 0.821. The zero-order valence-electron chi connectivity index (χ0n) is 14.1. The maximum atomic E-state index is 12.7. The van der Waals surface area contributed by atoms with E-state index in [1.807, 2.05) is 29.7 Å². The molecule has 0 radical (unpaired) electrons. The molecule has 2 aromatic rings. The summed E-state index contributed by atoms with van der Waals surface area (Å²) in [7, 11) is 0. The molecule has 0 bridgehead atoms. The molecule has 6 heteroatoms. The number of carbonyl (C=O) groups excluding carboxylic acids is 1. The van der Waals surface area contributed by atoms with Crippen LogP contribution in [0.15, 0.2) is 29.2 Å². The van der Waals surface area contributed by atoms with E-state index in [0.717, 1.165) is 30.7 Å². The van der Waals surface area contributed by atoms with E-state index in [2.05, 4.69) is 10.6 Å². The molecule has 1 aliphatic rings. The van der Waals surface area contributed by atoms with Gasteiger partial charge in [-0.1, -0.05) is 11.6 Å². The van der Waals surface area contributed by atoms with E-state index >= 15 is 0 Å². The Balaban J connectivity index is 2.09. The van der Waals surface area contributed by atoms with Crippen molar-refractivity contribution in [3.05, 3.63) is 45.7 Å². The molecule has 6 nitrogen and oxygen atoms in total. The zero-order chi connectivity index (χ0) is 17.1. The number of aryl methyl sites for hydroxylation is 1. The molecule has 1 unspecified atom stereocenters. The number of pyridine rings is 1. The van der Waals surface area contributed by atoms with Gasteiger partial charge in [0.1, 0.15) is 5.56 Å². The second-order valence-electron chi connectivity index (χ2n) is 6.12. The van der Waals surface area contributed by atoms with Crippen LogP contribution in [0.5, 0.6) is 0 Å². The topological polar surface area (TPSA) is 72.4 Å². The molecule has 1 atom stereocenters. The van der Waals surface area contributed by atoms with Crippen molar-refractivity contribution in [2.75, 3.05) is 26.2 Å². The predicted octanol–water partition coefficient (Wildman–Crippen LogP) is 1.05. The number of rotatable bonds is 4.